The molecule has 0 radical (unpaired) electrons. The Balaban J connectivity index is 3.11. The summed E-state index contributed by atoms with van der Waals surface area (Å²) >= 11 is 0. The first kappa shape index (κ1) is 10.5. The maximum absolute atomic E-state index is 13.5. The monoisotopic (exact) mass is 197 g/mol. The molecule has 0 unspecified atom stereocenters. The predicted octanol–water partition coefficient (Wildman–Crippen LogP) is 1.89. The van der Waals surface area contributed by atoms with Crippen molar-refractivity contribution in [3.05, 3.63) is 29.1 Å². The lowest BCUT2D eigenvalue weighted by atomic mass is 10.1. The fourth-order valence-corrected chi connectivity index (χ4v) is 1.07. The van der Waals surface area contributed by atoms with Crippen LogP contribution in [0.2, 0.25) is 0 Å². The smallest absolute Gasteiger partial charge is 0.341 e. The average Bonchev–Trinajstić information content (AvgIpc) is 2.15. The van der Waals surface area contributed by atoms with E-state index in [1.807, 2.05) is 0 Å². The van der Waals surface area contributed by atoms with Crippen molar-refractivity contribution >= 4 is 11.7 Å². The van der Waals surface area contributed by atoms with E-state index >= 15 is 0 Å². The second kappa shape index (κ2) is 4.09. The summed E-state index contributed by atoms with van der Waals surface area (Å²) in [6.45, 7) is 3.41. The number of hydrogen-bond donors (Lipinski definition) is 1. The molecule has 0 saturated carbocycles. The maximum Gasteiger partial charge on any atom is 0.341 e. The second-order valence-electron chi connectivity index (χ2n) is 2.86. The van der Waals surface area contributed by atoms with Crippen LogP contribution < -0.4 is 5.73 Å². The first-order valence-corrected chi connectivity index (χ1v) is 4.29. The van der Waals surface area contributed by atoms with Gasteiger partial charge in [-0.15, -0.1) is 0 Å². The van der Waals surface area contributed by atoms with E-state index in [9.17, 15) is 9.18 Å². The van der Waals surface area contributed by atoms with Crippen LogP contribution in [0, 0.1) is 12.7 Å². The van der Waals surface area contributed by atoms with Gasteiger partial charge in [0.2, 0.25) is 0 Å². The van der Waals surface area contributed by atoms with Gasteiger partial charge in [-0.05, 0) is 26.0 Å². The van der Waals surface area contributed by atoms with Crippen molar-refractivity contribution in [1.29, 1.82) is 0 Å². The molecule has 0 heterocycles. The quantitative estimate of drug-likeness (QED) is 0.581. The van der Waals surface area contributed by atoms with Crippen LogP contribution in [0.5, 0.6) is 0 Å². The fourth-order valence-electron chi connectivity index (χ4n) is 1.07. The molecule has 0 aliphatic heterocycles. The summed E-state index contributed by atoms with van der Waals surface area (Å²) in [5, 5.41) is 0. The van der Waals surface area contributed by atoms with Crippen molar-refractivity contribution in [3.8, 4) is 0 Å². The third-order valence-electron chi connectivity index (χ3n) is 1.92. The van der Waals surface area contributed by atoms with Crippen LogP contribution in [-0.4, -0.2) is 12.6 Å². The highest BCUT2D eigenvalue weighted by Gasteiger charge is 2.15. The van der Waals surface area contributed by atoms with E-state index in [1.165, 1.54) is 19.1 Å². The van der Waals surface area contributed by atoms with Crippen molar-refractivity contribution in [2.45, 2.75) is 13.8 Å². The lowest BCUT2D eigenvalue weighted by molar-refractivity contribution is 0.0521. The van der Waals surface area contributed by atoms with E-state index in [0.29, 0.717) is 5.69 Å². The van der Waals surface area contributed by atoms with E-state index in [2.05, 4.69) is 4.74 Å². The number of ether oxygens (including phenoxy) is 1. The molecule has 0 aliphatic carbocycles. The third-order valence-corrected chi connectivity index (χ3v) is 1.92. The molecule has 1 aromatic rings. The Morgan fingerprint density at radius 3 is 2.79 bits per heavy atom. The number of carbonyl (C=O) groups is 1. The van der Waals surface area contributed by atoms with Gasteiger partial charge in [-0.2, -0.15) is 0 Å². The zero-order chi connectivity index (χ0) is 10.7. The third kappa shape index (κ3) is 1.84. The topological polar surface area (TPSA) is 52.3 Å². The number of hydrogen-bond acceptors (Lipinski definition) is 3. The number of nitrogen functional groups attached to an aromatic ring is 1. The van der Waals surface area contributed by atoms with Crippen molar-refractivity contribution in [2.75, 3.05) is 12.3 Å². The Kier molecular flexibility index (Phi) is 3.06. The van der Waals surface area contributed by atoms with Gasteiger partial charge in [0.25, 0.3) is 0 Å². The molecule has 0 amide bonds. The van der Waals surface area contributed by atoms with Crippen LogP contribution in [0.3, 0.4) is 0 Å². The summed E-state index contributed by atoms with van der Waals surface area (Å²) in [7, 11) is 0. The standard InChI is InChI=1S/C10H12FNO2/c1-3-14-10(13)7-4-5-8(12)6(2)9(7)11/h4-5H,3,12H2,1-2H3. The van der Waals surface area contributed by atoms with Gasteiger partial charge in [-0.25, -0.2) is 9.18 Å². The summed E-state index contributed by atoms with van der Waals surface area (Å²) in [5.41, 5.74) is 6.00. The Hall–Kier alpha value is -1.58. The molecular weight excluding hydrogens is 185 g/mol. The molecule has 0 aromatic heterocycles. The first-order chi connectivity index (χ1) is 6.57. The largest absolute Gasteiger partial charge is 0.462 e. The number of benzene rings is 1. The number of carbonyl (C=O) groups excluding carboxylic acids is 1. The summed E-state index contributed by atoms with van der Waals surface area (Å²) in [6, 6.07) is 2.82. The molecule has 1 rings (SSSR count). The number of rotatable bonds is 2. The van der Waals surface area contributed by atoms with Crippen LogP contribution >= 0.6 is 0 Å². The Labute approximate surface area is 81.7 Å². The minimum Gasteiger partial charge on any atom is -0.462 e. The lowest BCUT2D eigenvalue weighted by Crippen LogP contribution is -2.09. The number of halogens is 1. The molecule has 0 saturated heterocycles. The van der Waals surface area contributed by atoms with Gasteiger partial charge < -0.3 is 10.5 Å². The summed E-state index contributed by atoms with van der Waals surface area (Å²) in [6.07, 6.45) is 0. The second-order valence-corrected chi connectivity index (χ2v) is 2.86. The number of anilines is 1. The van der Waals surface area contributed by atoms with Crippen LogP contribution in [-0.2, 0) is 4.74 Å². The minimum absolute atomic E-state index is 0.0708. The molecule has 0 aliphatic rings. The Bertz CT molecular complexity index is 363. The van der Waals surface area contributed by atoms with Gasteiger partial charge in [0.05, 0.1) is 12.2 Å². The predicted molar refractivity (Wildman–Crippen MR) is 51.5 cm³/mol. The van der Waals surface area contributed by atoms with E-state index in [4.69, 9.17) is 5.73 Å². The zero-order valence-corrected chi connectivity index (χ0v) is 8.13. The molecule has 0 atom stereocenters. The Morgan fingerprint density at radius 1 is 1.57 bits per heavy atom. The van der Waals surface area contributed by atoms with Crippen molar-refractivity contribution in [1.82, 2.24) is 0 Å². The lowest BCUT2D eigenvalue weighted by Gasteiger charge is -2.06. The normalized spacial score (nSPS) is 9.93. The van der Waals surface area contributed by atoms with Crippen LogP contribution in [0.1, 0.15) is 22.8 Å². The van der Waals surface area contributed by atoms with Crippen molar-refractivity contribution < 1.29 is 13.9 Å². The molecular formula is C10H12FNO2. The van der Waals surface area contributed by atoms with Gasteiger partial charge >= 0.3 is 5.97 Å². The van der Waals surface area contributed by atoms with Gasteiger partial charge in [0.15, 0.2) is 0 Å². The van der Waals surface area contributed by atoms with Gasteiger partial charge in [-0.3, -0.25) is 0 Å². The summed E-state index contributed by atoms with van der Waals surface area (Å²) in [5.74, 6) is -1.27. The van der Waals surface area contributed by atoms with E-state index < -0.39 is 11.8 Å². The van der Waals surface area contributed by atoms with Crippen molar-refractivity contribution in [3.63, 3.8) is 0 Å². The van der Waals surface area contributed by atoms with Gasteiger partial charge in [0.1, 0.15) is 5.82 Å². The van der Waals surface area contributed by atoms with Crippen LogP contribution in [0.25, 0.3) is 0 Å². The number of nitrogens with two attached hydrogens (primary N) is 1. The van der Waals surface area contributed by atoms with E-state index in [1.54, 1.807) is 6.92 Å². The SMILES string of the molecule is CCOC(=O)c1ccc(N)c(C)c1F. The fraction of sp³-hybridized carbons (Fsp3) is 0.300. The van der Waals surface area contributed by atoms with E-state index in [-0.39, 0.29) is 17.7 Å². The van der Waals surface area contributed by atoms with Gasteiger partial charge in [0, 0.05) is 11.3 Å². The summed E-state index contributed by atoms with van der Waals surface area (Å²) in [4.78, 5) is 11.2. The maximum atomic E-state index is 13.5. The minimum atomic E-state index is -0.659. The molecule has 0 fully saturated rings. The van der Waals surface area contributed by atoms with E-state index in [0.717, 1.165) is 0 Å². The number of esters is 1. The molecule has 0 spiro atoms. The zero-order valence-electron chi connectivity index (χ0n) is 8.13. The molecule has 4 heteroatoms. The molecule has 0 bridgehead atoms. The molecule has 14 heavy (non-hydrogen) atoms. The van der Waals surface area contributed by atoms with Crippen LogP contribution in [0.15, 0.2) is 12.1 Å². The molecule has 76 valence electrons. The molecule has 2 N–H and O–H groups in total. The summed E-state index contributed by atoms with van der Waals surface area (Å²) < 4.78 is 18.1. The average molecular weight is 197 g/mol. The highest BCUT2D eigenvalue weighted by molar-refractivity contribution is 5.90. The van der Waals surface area contributed by atoms with Crippen LogP contribution in [0.4, 0.5) is 10.1 Å². The highest BCUT2D eigenvalue weighted by Crippen LogP contribution is 2.19. The first-order valence-electron chi connectivity index (χ1n) is 4.29. The molecule has 3 nitrogen and oxygen atoms in total. The highest BCUT2D eigenvalue weighted by atomic mass is 19.1. The van der Waals surface area contributed by atoms with Gasteiger partial charge in [-0.1, -0.05) is 0 Å². The molecule has 1 aromatic carbocycles. The Morgan fingerprint density at radius 2 is 2.21 bits per heavy atom. The van der Waals surface area contributed by atoms with Crippen molar-refractivity contribution in [2.24, 2.45) is 0 Å².